The van der Waals surface area contributed by atoms with Crippen LogP contribution in [0.1, 0.15) is 5.56 Å². The number of fused-ring (bicyclic) bond motifs is 1. The van der Waals surface area contributed by atoms with Gasteiger partial charge in [0.1, 0.15) is 5.69 Å². The van der Waals surface area contributed by atoms with Crippen LogP contribution in [0.3, 0.4) is 0 Å². The Bertz CT molecular complexity index is 334. The van der Waals surface area contributed by atoms with Crippen LogP contribution in [-0.4, -0.2) is 4.98 Å². The van der Waals surface area contributed by atoms with Gasteiger partial charge in [-0.1, -0.05) is 0 Å². The molecule has 2 heterocycles. The summed E-state index contributed by atoms with van der Waals surface area (Å²) in [6.45, 7) is 1.95. The Balaban J connectivity index is 2.70. The monoisotopic (exact) mass is 211 g/mol. The van der Waals surface area contributed by atoms with Crippen LogP contribution in [0.5, 0.6) is 0 Å². The van der Waals surface area contributed by atoms with Crippen molar-refractivity contribution in [3.63, 3.8) is 0 Å². The average Bonchev–Trinajstić information content (AvgIpc) is 2.45. The van der Waals surface area contributed by atoms with E-state index in [1.165, 1.54) is 0 Å². The number of halogens is 1. The van der Waals surface area contributed by atoms with Gasteiger partial charge in [0, 0.05) is 10.7 Å². The third kappa shape index (κ3) is 0.920. The second-order valence-corrected chi connectivity index (χ2v) is 3.05. The molecule has 5 heteroatoms. The van der Waals surface area contributed by atoms with Gasteiger partial charge in [0.25, 0.3) is 0 Å². The molecule has 0 spiro atoms. The van der Waals surface area contributed by atoms with Crippen molar-refractivity contribution >= 4 is 27.4 Å². The van der Waals surface area contributed by atoms with E-state index in [0.717, 1.165) is 15.7 Å². The van der Waals surface area contributed by atoms with Crippen LogP contribution in [0.2, 0.25) is 0 Å². The lowest BCUT2D eigenvalue weighted by Gasteiger charge is -1.98. The molecule has 2 rings (SSSR count). The van der Waals surface area contributed by atoms with Crippen LogP contribution in [0, 0.1) is 6.92 Å². The molecule has 0 unspecified atom stereocenters. The van der Waals surface area contributed by atoms with Crippen LogP contribution in [0.25, 0.3) is 0 Å². The van der Waals surface area contributed by atoms with Crippen LogP contribution in [0.4, 0.5) is 11.5 Å². The Morgan fingerprint density at radius 3 is 3.09 bits per heavy atom. The van der Waals surface area contributed by atoms with Gasteiger partial charge in [-0.05, 0) is 33.6 Å². The Morgan fingerprint density at radius 1 is 1.45 bits per heavy atom. The highest BCUT2D eigenvalue weighted by Gasteiger charge is 2.14. The topological polar surface area (TPSA) is 51.7 Å². The molecular weight excluding hydrogens is 208 g/mol. The molecule has 1 aliphatic rings. The maximum Gasteiger partial charge on any atom is 0.204 e. The fourth-order valence-corrected chi connectivity index (χ4v) is 1.15. The van der Waals surface area contributed by atoms with Gasteiger partial charge in [-0.25, -0.2) is 4.98 Å². The maximum absolute atomic E-state index is 4.02. The first-order chi connectivity index (χ1) is 5.29. The van der Waals surface area contributed by atoms with Gasteiger partial charge in [0.15, 0.2) is 0 Å². The van der Waals surface area contributed by atoms with Crippen molar-refractivity contribution in [1.82, 2.24) is 10.4 Å². The Hall–Kier alpha value is -0.970. The van der Waals surface area contributed by atoms with E-state index in [1.807, 2.05) is 6.92 Å². The van der Waals surface area contributed by atoms with Gasteiger partial charge in [-0.2, -0.15) is 0 Å². The van der Waals surface area contributed by atoms with E-state index in [-0.39, 0.29) is 0 Å². The lowest BCUT2D eigenvalue weighted by Crippen LogP contribution is -1.86. The quantitative estimate of drug-likeness (QED) is 0.651. The van der Waals surface area contributed by atoms with E-state index in [0.29, 0.717) is 5.82 Å². The largest absolute Gasteiger partial charge is 0.232 e. The minimum Gasteiger partial charge on any atom is -0.232 e. The van der Waals surface area contributed by atoms with Gasteiger partial charge in [-0.15, -0.1) is 10.5 Å². The first kappa shape index (κ1) is 6.72. The van der Waals surface area contributed by atoms with E-state index in [1.54, 1.807) is 6.20 Å². The molecule has 1 aromatic rings. The van der Waals surface area contributed by atoms with Crippen molar-refractivity contribution in [3.05, 3.63) is 16.2 Å². The number of hydrogen-bond donors (Lipinski definition) is 0. The summed E-state index contributed by atoms with van der Waals surface area (Å²) in [5.74, 6) is 0.603. The van der Waals surface area contributed by atoms with E-state index in [9.17, 15) is 0 Å². The molecule has 0 saturated heterocycles. The molecule has 1 radical (unpaired) electrons. The van der Waals surface area contributed by atoms with E-state index in [4.69, 9.17) is 0 Å². The minimum atomic E-state index is 0.603. The number of rotatable bonds is 0. The van der Waals surface area contributed by atoms with E-state index in [2.05, 4.69) is 36.7 Å². The van der Waals surface area contributed by atoms with Gasteiger partial charge >= 0.3 is 0 Å². The SMILES string of the molecule is Cc1c(Br)cnc2c1N=N[N]2. The van der Waals surface area contributed by atoms with Gasteiger partial charge in [-0.3, -0.25) is 0 Å². The average molecular weight is 212 g/mol. The summed E-state index contributed by atoms with van der Waals surface area (Å²) in [7, 11) is 0. The predicted molar refractivity (Wildman–Crippen MR) is 43.0 cm³/mol. The van der Waals surface area contributed by atoms with Gasteiger partial charge in [0.05, 0.1) is 0 Å². The maximum atomic E-state index is 4.02. The molecule has 0 fully saturated rings. The van der Waals surface area contributed by atoms with Crippen LogP contribution < -0.4 is 5.43 Å². The van der Waals surface area contributed by atoms with Crippen molar-refractivity contribution in [2.45, 2.75) is 6.92 Å². The first-order valence-corrected chi connectivity index (χ1v) is 3.85. The van der Waals surface area contributed by atoms with Crippen LogP contribution in [-0.2, 0) is 0 Å². The molecule has 0 atom stereocenters. The number of pyridine rings is 1. The Kier molecular flexibility index (Phi) is 1.38. The smallest absolute Gasteiger partial charge is 0.204 e. The molecule has 0 aliphatic carbocycles. The number of hydrogen-bond acceptors (Lipinski definition) is 3. The fraction of sp³-hybridized carbons (Fsp3) is 0.167. The second-order valence-electron chi connectivity index (χ2n) is 2.19. The molecular formula is C6H4BrN4. The molecule has 4 nitrogen and oxygen atoms in total. The normalized spacial score (nSPS) is 12.9. The minimum absolute atomic E-state index is 0.603. The number of aromatic nitrogens is 1. The van der Waals surface area contributed by atoms with Crippen molar-refractivity contribution in [2.75, 3.05) is 0 Å². The van der Waals surface area contributed by atoms with Crippen molar-refractivity contribution in [3.8, 4) is 0 Å². The highest BCUT2D eigenvalue weighted by Crippen LogP contribution is 2.35. The molecule has 1 aliphatic heterocycles. The lowest BCUT2D eigenvalue weighted by molar-refractivity contribution is 0.900. The van der Waals surface area contributed by atoms with Crippen LogP contribution in [0.15, 0.2) is 21.0 Å². The highest BCUT2D eigenvalue weighted by atomic mass is 79.9. The van der Waals surface area contributed by atoms with E-state index >= 15 is 0 Å². The molecule has 55 valence electrons. The standard InChI is InChI=1S/C6H4BrN4/c1-3-4(7)2-8-6-5(3)9-11-10-6/h2H,1H3. The number of nitrogens with zero attached hydrogens (tertiary/aromatic N) is 4. The molecule has 0 amide bonds. The van der Waals surface area contributed by atoms with Gasteiger partial charge < -0.3 is 0 Å². The van der Waals surface area contributed by atoms with Crippen LogP contribution >= 0.6 is 15.9 Å². The van der Waals surface area contributed by atoms with Crippen molar-refractivity contribution in [2.24, 2.45) is 10.3 Å². The summed E-state index contributed by atoms with van der Waals surface area (Å²) in [5.41, 5.74) is 5.52. The Labute approximate surface area is 71.8 Å². The van der Waals surface area contributed by atoms with Gasteiger partial charge in [0.2, 0.25) is 5.82 Å². The summed E-state index contributed by atoms with van der Waals surface area (Å²) in [4.78, 5) is 4.02. The molecule has 11 heavy (non-hydrogen) atoms. The third-order valence-electron chi connectivity index (χ3n) is 1.51. The molecule has 1 aromatic heterocycles. The zero-order valence-electron chi connectivity index (χ0n) is 5.74. The molecule has 0 aromatic carbocycles. The summed E-state index contributed by atoms with van der Waals surface area (Å²) in [6.07, 6.45) is 1.70. The molecule has 0 saturated carbocycles. The summed E-state index contributed by atoms with van der Waals surface area (Å²) < 4.78 is 0.937. The fourth-order valence-electron chi connectivity index (χ4n) is 0.859. The highest BCUT2D eigenvalue weighted by molar-refractivity contribution is 9.10. The second kappa shape index (κ2) is 2.27. The summed E-state index contributed by atoms with van der Waals surface area (Å²) >= 11 is 3.34. The zero-order chi connectivity index (χ0) is 7.84. The first-order valence-electron chi connectivity index (χ1n) is 3.06. The predicted octanol–water partition coefficient (Wildman–Crippen LogP) is 2.40. The van der Waals surface area contributed by atoms with E-state index < -0.39 is 0 Å². The molecule has 0 N–H and O–H groups in total. The zero-order valence-corrected chi connectivity index (χ0v) is 7.33. The van der Waals surface area contributed by atoms with Crippen molar-refractivity contribution < 1.29 is 0 Å². The van der Waals surface area contributed by atoms with Crippen molar-refractivity contribution in [1.29, 1.82) is 0 Å². The Morgan fingerprint density at radius 2 is 2.27 bits per heavy atom. The third-order valence-corrected chi connectivity index (χ3v) is 2.31. The molecule has 0 bridgehead atoms. The lowest BCUT2D eigenvalue weighted by atomic mass is 10.2. The summed E-state index contributed by atoms with van der Waals surface area (Å²) in [5, 5.41) is 7.35. The summed E-state index contributed by atoms with van der Waals surface area (Å²) in [6, 6.07) is 0.